The minimum Gasteiger partial charge on any atom is -0.299 e. The Bertz CT molecular complexity index is 327. The molecule has 0 aromatic carbocycles. The second-order valence-electron chi connectivity index (χ2n) is 4.52. The summed E-state index contributed by atoms with van der Waals surface area (Å²) < 4.78 is 2.13. The molecule has 0 radical (unpaired) electrons. The molecule has 2 rings (SSSR count). The number of aryl methyl sites for hydroxylation is 1. The van der Waals surface area contributed by atoms with Gasteiger partial charge in [0, 0.05) is 12.5 Å². The van der Waals surface area contributed by atoms with Crippen LogP contribution in [0.15, 0.2) is 0 Å². The van der Waals surface area contributed by atoms with E-state index in [1.54, 1.807) is 0 Å². The summed E-state index contributed by atoms with van der Waals surface area (Å²) in [6.45, 7) is 4.42. The summed E-state index contributed by atoms with van der Waals surface area (Å²) >= 11 is 6.08. The lowest BCUT2D eigenvalue weighted by atomic mass is 9.87. The normalized spacial score (nSPS) is 26.9. The van der Waals surface area contributed by atoms with Crippen molar-refractivity contribution in [3.05, 3.63) is 11.1 Å². The number of hydrogen-bond acceptors (Lipinski definition) is 2. The summed E-state index contributed by atoms with van der Waals surface area (Å²) in [6, 6.07) is 0.527. The van der Waals surface area contributed by atoms with Crippen LogP contribution in [0.2, 0.25) is 5.28 Å². The number of halogens is 1. The van der Waals surface area contributed by atoms with E-state index in [0.29, 0.717) is 11.3 Å². The maximum atomic E-state index is 6.08. The van der Waals surface area contributed by atoms with Crippen LogP contribution in [-0.2, 0) is 6.42 Å². The molecule has 4 heteroatoms. The predicted molar refractivity (Wildman–Crippen MR) is 61.1 cm³/mol. The van der Waals surface area contributed by atoms with Crippen molar-refractivity contribution in [2.75, 3.05) is 0 Å². The number of nitrogens with zero attached hydrogens (tertiary/aromatic N) is 3. The van der Waals surface area contributed by atoms with Gasteiger partial charge in [-0.15, -0.1) is 10.2 Å². The maximum Gasteiger partial charge on any atom is 0.225 e. The van der Waals surface area contributed by atoms with Crippen molar-refractivity contribution in [1.29, 1.82) is 0 Å². The van der Waals surface area contributed by atoms with Gasteiger partial charge in [-0.2, -0.15) is 0 Å². The van der Waals surface area contributed by atoms with Crippen LogP contribution in [0.4, 0.5) is 0 Å². The Kier molecular flexibility index (Phi) is 3.29. The molecule has 0 spiro atoms. The van der Waals surface area contributed by atoms with Gasteiger partial charge in [0.05, 0.1) is 0 Å². The Hall–Kier alpha value is -0.570. The Balaban J connectivity index is 2.17. The summed E-state index contributed by atoms with van der Waals surface area (Å²) in [6.07, 6.45) is 5.92. The van der Waals surface area contributed by atoms with Crippen LogP contribution in [0.5, 0.6) is 0 Å². The highest BCUT2D eigenvalue weighted by atomic mass is 35.5. The van der Waals surface area contributed by atoms with Crippen LogP contribution in [0.1, 0.15) is 51.4 Å². The van der Waals surface area contributed by atoms with E-state index in [1.807, 2.05) is 0 Å². The molecular weight excluding hydrogens is 210 g/mol. The molecule has 3 nitrogen and oxygen atoms in total. The fraction of sp³-hybridized carbons (Fsp3) is 0.818. The fourth-order valence-electron chi connectivity index (χ4n) is 2.40. The van der Waals surface area contributed by atoms with Gasteiger partial charge in [0.2, 0.25) is 5.28 Å². The molecule has 1 fully saturated rings. The van der Waals surface area contributed by atoms with E-state index < -0.39 is 0 Å². The van der Waals surface area contributed by atoms with Crippen LogP contribution in [-0.4, -0.2) is 14.8 Å². The quantitative estimate of drug-likeness (QED) is 0.777. The summed E-state index contributed by atoms with van der Waals surface area (Å²) in [5.74, 6) is 1.89. The van der Waals surface area contributed by atoms with Crippen molar-refractivity contribution in [2.45, 2.75) is 52.0 Å². The van der Waals surface area contributed by atoms with Gasteiger partial charge >= 0.3 is 0 Å². The molecule has 0 aliphatic heterocycles. The van der Waals surface area contributed by atoms with Gasteiger partial charge < -0.3 is 0 Å². The monoisotopic (exact) mass is 227 g/mol. The number of hydrogen-bond donors (Lipinski definition) is 0. The molecule has 1 aliphatic carbocycles. The molecule has 0 unspecified atom stereocenters. The zero-order valence-corrected chi connectivity index (χ0v) is 10.2. The first kappa shape index (κ1) is 10.9. The lowest BCUT2D eigenvalue weighted by Crippen LogP contribution is -2.18. The molecule has 1 aliphatic rings. The van der Waals surface area contributed by atoms with Crippen molar-refractivity contribution < 1.29 is 0 Å². The molecule has 1 heterocycles. The Morgan fingerprint density at radius 2 is 1.93 bits per heavy atom. The second kappa shape index (κ2) is 4.52. The smallest absolute Gasteiger partial charge is 0.225 e. The standard InChI is InChI=1S/C11H18ClN3/c1-3-10-13-14-11(12)15(10)9-6-4-8(2)5-7-9/h8-9H,3-7H2,1-2H3. The van der Waals surface area contributed by atoms with E-state index >= 15 is 0 Å². The fourth-order valence-corrected chi connectivity index (χ4v) is 2.68. The molecule has 1 aromatic rings. The lowest BCUT2D eigenvalue weighted by Gasteiger charge is -2.28. The van der Waals surface area contributed by atoms with E-state index in [1.165, 1.54) is 25.7 Å². The van der Waals surface area contributed by atoms with Crippen LogP contribution >= 0.6 is 11.6 Å². The average molecular weight is 228 g/mol. The first-order chi connectivity index (χ1) is 7.22. The zero-order chi connectivity index (χ0) is 10.8. The van der Waals surface area contributed by atoms with Gasteiger partial charge in [-0.25, -0.2) is 0 Å². The van der Waals surface area contributed by atoms with Crippen LogP contribution in [0.25, 0.3) is 0 Å². The third-order valence-electron chi connectivity index (χ3n) is 3.39. The molecule has 0 atom stereocenters. The molecule has 15 heavy (non-hydrogen) atoms. The van der Waals surface area contributed by atoms with E-state index in [-0.39, 0.29) is 0 Å². The van der Waals surface area contributed by atoms with E-state index in [2.05, 4.69) is 28.6 Å². The first-order valence-corrected chi connectivity index (χ1v) is 6.19. The zero-order valence-electron chi connectivity index (χ0n) is 9.41. The van der Waals surface area contributed by atoms with Crippen LogP contribution in [0.3, 0.4) is 0 Å². The van der Waals surface area contributed by atoms with E-state index in [9.17, 15) is 0 Å². The first-order valence-electron chi connectivity index (χ1n) is 5.81. The van der Waals surface area contributed by atoms with Crippen molar-refractivity contribution >= 4 is 11.6 Å². The molecular formula is C11H18ClN3. The minimum absolute atomic E-state index is 0.527. The Labute approximate surface area is 95.8 Å². The predicted octanol–water partition coefficient (Wildman–Crippen LogP) is 3.25. The third kappa shape index (κ3) is 2.17. The van der Waals surface area contributed by atoms with Gasteiger partial charge in [0.15, 0.2) is 0 Å². The molecule has 1 saturated carbocycles. The maximum absolute atomic E-state index is 6.08. The summed E-state index contributed by atoms with van der Waals surface area (Å²) in [4.78, 5) is 0. The molecule has 84 valence electrons. The second-order valence-corrected chi connectivity index (χ2v) is 4.86. The van der Waals surface area contributed by atoms with Gasteiger partial charge in [-0.05, 0) is 43.2 Å². The Morgan fingerprint density at radius 1 is 1.27 bits per heavy atom. The SMILES string of the molecule is CCc1nnc(Cl)n1C1CCC(C)CC1. The van der Waals surface area contributed by atoms with Gasteiger partial charge in [-0.3, -0.25) is 4.57 Å². The summed E-state index contributed by atoms with van der Waals surface area (Å²) in [7, 11) is 0. The van der Waals surface area contributed by atoms with Crippen molar-refractivity contribution in [3.8, 4) is 0 Å². The minimum atomic E-state index is 0.527. The highest BCUT2D eigenvalue weighted by Gasteiger charge is 2.23. The van der Waals surface area contributed by atoms with Crippen molar-refractivity contribution in [1.82, 2.24) is 14.8 Å². The van der Waals surface area contributed by atoms with Crippen molar-refractivity contribution in [2.24, 2.45) is 5.92 Å². The number of aromatic nitrogens is 3. The summed E-state index contributed by atoms with van der Waals surface area (Å²) in [5.41, 5.74) is 0. The molecule has 1 aromatic heterocycles. The Morgan fingerprint density at radius 3 is 2.53 bits per heavy atom. The molecule has 0 amide bonds. The largest absolute Gasteiger partial charge is 0.299 e. The average Bonchev–Trinajstić information content (AvgIpc) is 2.61. The van der Waals surface area contributed by atoms with Gasteiger partial charge in [0.25, 0.3) is 0 Å². The van der Waals surface area contributed by atoms with Crippen LogP contribution < -0.4 is 0 Å². The van der Waals surface area contributed by atoms with Crippen LogP contribution in [0, 0.1) is 5.92 Å². The third-order valence-corrected chi connectivity index (χ3v) is 3.65. The molecule has 0 N–H and O–H groups in total. The van der Waals surface area contributed by atoms with E-state index in [4.69, 9.17) is 11.6 Å². The topological polar surface area (TPSA) is 30.7 Å². The molecule has 0 bridgehead atoms. The summed E-state index contributed by atoms with van der Waals surface area (Å²) in [5, 5.41) is 8.63. The molecule has 0 saturated heterocycles. The van der Waals surface area contributed by atoms with Gasteiger partial charge in [-0.1, -0.05) is 13.8 Å². The van der Waals surface area contributed by atoms with Gasteiger partial charge in [0.1, 0.15) is 5.82 Å². The highest BCUT2D eigenvalue weighted by molar-refractivity contribution is 6.28. The highest BCUT2D eigenvalue weighted by Crippen LogP contribution is 2.34. The lowest BCUT2D eigenvalue weighted by molar-refractivity contribution is 0.285. The van der Waals surface area contributed by atoms with Crippen molar-refractivity contribution in [3.63, 3.8) is 0 Å². The number of rotatable bonds is 2. The van der Waals surface area contributed by atoms with E-state index in [0.717, 1.165) is 18.2 Å².